The predicted octanol–water partition coefficient (Wildman–Crippen LogP) is 4.55. The van der Waals surface area contributed by atoms with Gasteiger partial charge in [0, 0.05) is 28.9 Å². The second-order valence-corrected chi connectivity index (χ2v) is 5.96. The lowest BCUT2D eigenvalue weighted by molar-refractivity contribution is 0.102. The summed E-state index contributed by atoms with van der Waals surface area (Å²) in [4.78, 5) is 21.1. The number of anilines is 1. The summed E-state index contributed by atoms with van der Waals surface area (Å²) in [5.74, 6) is 0.293. The SMILES string of the molecule is CO/C=N/c1ccc2oc3c(OC)ccc(C(=O)Nc4ccncc4)c3c2c1. The molecule has 0 fully saturated rings. The number of carbonyl (C=O) groups excluding carboxylic acids is 1. The highest BCUT2D eigenvalue weighted by Crippen LogP contribution is 2.38. The van der Waals surface area contributed by atoms with Crippen LogP contribution in [0.25, 0.3) is 21.9 Å². The summed E-state index contributed by atoms with van der Waals surface area (Å²) in [5, 5.41) is 4.31. The predicted molar refractivity (Wildman–Crippen MR) is 108 cm³/mol. The summed E-state index contributed by atoms with van der Waals surface area (Å²) in [7, 11) is 3.09. The number of ether oxygens (including phenoxy) is 2. The van der Waals surface area contributed by atoms with Crippen LogP contribution in [0, 0.1) is 0 Å². The van der Waals surface area contributed by atoms with E-state index in [1.165, 1.54) is 13.5 Å². The van der Waals surface area contributed by atoms with Crippen LogP contribution < -0.4 is 10.1 Å². The molecular weight excluding hydrogens is 358 g/mol. The van der Waals surface area contributed by atoms with Crippen molar-refractivity contribution in [2.75, 3.05) is 19.5 Å². The summed E-state index contributed by atoms with van der Waals surface area (Å²) in [5.41, 5.74) is 2.95. The molecule has 4 aromatic rings. The third kappa shape index (κ3) is 3.14. The number of benzene rings is 2. The Labute approximate surface area is 160 Å². The van der Waals surface area contributed by atoms with Crippen LogP contribution in [0.1, 0.15) is 10.4 Å². The lowest BCUT2D eigenvalue weighted by Crippen LogP contribution is -2.12. The Bertz CT molecular complexity index is 1180. The maximum Gasteiger partial charge on any atom is 0.256 e. The quantitative estimate of drug-likeness (QED) is 0.409. The van der Waals surface area contributed by atoms with Gasteiger partial charge in [0.1, 0.15) is 5.58 Å². The normalized spacial score (nSPS) is 11.2. The average Bonchev–Trinajstić information content (AvgIpc) is 3.11. The highest BCUT2D eigenvalue weighted by Gasteiger charge is 2.20. The zero-order valence-corrected chi connectivity index (χ0v) is 15.3. The van der Waals surface area contributed by atoms with Crippen molar-refractivity contribution in [2.45, 2.75) is 0 Å². The zero-order chi connectivity index (χ0) is 19.5. The first-order valence-electron chi connectivity index (χ1n) is 8.51. The van der Waals surface area contributed by atoms with Crippen LogP contribution >= 0.6 is 0 Å². The summed E-state index contributed by atoms with van der Waals surface area (Å²) < 4.78 is 16.3. The Hall–Kier alpha value is -3.87. The standard InChI is InChI=1S/C21H17N3O4/c1-26-12-23-14-3-5-17-16(11-14)19-15(4-6-18(27-2)20(19)28-17)21(25)24-13-7-9-22-10-8-13/h3-12H,1-2H3,(H,22,24,25)/b23-12+. The summed E-state index contributed by atoms with van der Waals surface area (Å²) in [6.07, 6.45) is 4.58. The number of hydrogen-bond acceptors (Lipinski definition) is 6. The van der Waals surface area contributed by atoms with Crippen LogP contribution in [0.4, 0.5) is 11.4 Å². The van der Waals surface area contributed by atoms with Crippen LogP contribution in [-0.2, 0) is 4.74 Å². The van der Waals surface area contributed by atoms with E-state index in [2.05, 4.69) is 15.3 Å². The maximum absolute atomic E-state index is 13.0. The second-order valence-electron chi connectivity index (χ2n) is 5.96. The monoisotopic (exact) mass is 375 g/mol. The van der Waals surface area contributed by atoms with Crippen molar-refractivity contribution in [1.29, 1.82) is 0 Å². The van der Waals surface area contributed by atoms with Crippen molar-refractivity contribution in [3.63, 3.8) is 0 Å². The first-order valence-corrected chi connectivity index (χ1v) is 8.51. The van der Waals surface area contributed by atoms with Gasteiger partial charge in [0.25, 0.3) is 5.91 Å². The molecule has 0 aliphatic heterocycles. The first-order chi connectivity index (χ1) is 13.7. The molecule has 0 saturated heterocycles. The number of furan rings is 1. The van der Waals surface area contributed by atoms with Gasteiger partial charge in [-0.15, -0.1) is 0 Å². The second kappa shape index (κ2) is 7.40. The zero-order valence-electron chi connectivity index (χ0n) is 15.3. The van der Waals surface area contributed by atoms with Gasteiger partial charge < -0.3 is 19.2 Å². The highest BCUT2D eigenvalue weighted by molar-refractivity contribution is 6.20. The Kier molecular flexibility index (Phi) is 4.63. The van der Waals surface area contributed by atoms with Crippen molar-refractivity contribution in [2.24, 2.45) is 4.99 Å². The first kappa shape index (κ1) is 17.5. The highest BCUT2D eigenvalue weighted by atomic mass is 16.5. The van der Waals surface area contributed by atoms with Crippen LogP contribution in [0.2, 0.25) is 0 Å². The topological polar surface area (TPSA) is 86.0 Å². The Morgan fingerprint density at radius 1 is 1.14 bits per heavy atom. The van der Waals surface area contributed by atoms with Gasteiger partial charge in [-0.25, -0.2) is 4.99 Å². The van der Waals surface area contributed by atoms with Crippen LogP contribution in [0.15, 0.2) is 64.3 Å². The Balaban J connectivity index is 1.90. The number of rotatable bonds is 5. The van der Waals surface area contributed by atoms with Crippen LogP contribution in [0.3, 0.4) is 0 Å². The van der Waals surface area contributed by atoms with E-state index in [4.69, 9.17) is 13.9 Å². The summed E-state index contributed by atoms with van der Waals surface area (Å²) in [6, 6.07) is 12.4. The largest absolute Gasteiger partial charge is 0.493 e. The number of carbonyl (C=O) groups is 1. The van der Waals surface area contributed by atoms with E-state index < -0.39 is 0 Å². The number of pyridine rings is 1. The molecule has 0 aliphatic carbocycles. The molecule has 0 bridgehead atoms. The fourth-order valence-corrected chi connectivity index (χ4v) is 3.02. The molecule has 140 valence electrons. The van der Waals surface area contributed by atoms with E-state index in [0.717, 1.165) is 5.39 Å². The van der Waals surface area contributed by atoms with Gasteiger partial charge in [-0.3, -0.25) is 9.78 Å². The number of methoxy groups -OCH3 is 2. The van der Waals surface area contributed by atoms with Crippen molar-refractivity contribution in [3.8, 4) is 5.75 Å². The van der Waals surface area contributed by atoms with Gasteiger partial charge in [0.2, 0.25) is 0 Å². The number of aromatic nitrogens is 1. The average molecular weight is 375 g/mol. The molecule has 7 heteroatoms. The molecule has 0 saturated carbocycles. The van der Waals surface area contributed by atoms with Crippen molar-refractivity contribution in [1.82, 2.24) is 4.98 Å². The van der Waals surface area contributed by atoms with E-state index in [9.17, 15) is 4.79 Å². The maximum atomic E-state index is 13.0. The summed E-state index contributed by atoms with van der Waals surface area (Å²) in [6.45, 7) is 0. The number of hydrogen-bond donors (Lipinski definition) is 1. The van der Waals surface area contributed by atoms with Gasteiger partial charge in [-0.05, 0) is 42.5 Å². The van der Waals surface area contributed by atoms with Gasteiger partial charge in [-0.2, -0.15) is 0 Å². The Morgan fingerprint density at radius 2 is 1.96 bits per heavy atom. The summed E-state index contributed by atoms with van der Waals surface area (Å²) >= 11 is 0. The molecule has 0 unspecified atom stereocenters. The van der Waals surface area contributed by atoms with Crippen LogP contribution in [-0.4, -0.2) is 31.5 Å². The lowest BCUT2D eigenvalue weighted by Gasteiger charge is -2.08. The van der Waals surface area contributed by atoms with Crippen molar-refractivity contribution < 1.29 is 18.7 Å². The molecule has 4 rings (SSSR count). The van der Waals surface area contributed by atoms with E-state index in [-0.39, 0.29) is 5.91 Å². The molecule has 2 aromatic carbocycles. The third-order valence-corrected chi connectivity index (χ3v) is 4.28. The van der Waals surface area contributed by atoms with E-state index in [0.29, 0.717) is 39.2 Å². The van der Waals surface area contributed by atoms with Gasteiger partial charge in [-0.1, -0.05) is 0 Å². The van der Waals surface area contributed by atoms with E-state index >= 15 is 0 Å². The number of nitrogens with zero attached hydrogens (tertiary/aromatic N) is 2. The third-order valence-electron chi connectivity index (χ3n) is 4.28. The van der Waals surface area contributed by atoms with E-state index in [1.54, 1.807) is 43.8 Å². The fourth-order valence-electron chi connectivity index (χ4n) is 3.02. The number of nitrogens with one attached hydrogen (secondary N) is 1. The number of amides is 1. The Morgan fingerprint density at radius 3 is 2.71 bits per heavy atom. The fraction of sp³-hybridized carbons (Fsp3) is 0.0952. The minimum Gasteiger partial charge on any atom is -0.493 e. The van der Waals surface area contributed by atoms with Crippen molar-refractivity contribution >= 4 is 45.6 Å². The minimum absolute atomic E-state index is 0.257. The minimum atomic E-state index is -0.257. The molecule has 2 aromatic heterocycles. The lowest BCUT2D eigenvalue weighted by atomic mass is 10.0. The number of fused-ring (bicyclic) bond motifs is 3. The van der Waals surface area contributed by atoms with E-state index in [1.807, 2.05) is 18.2 Å². The number of aliphatic imine (C=N–C) groups is 1. The van der Waals surface area contributed by atoms with Gasteiger partial charge >= 0.3 is 0 Å². The molecule has 0 spiro atoms. The molecule has 2 heterocycles. The van der Waals surface area contributed by atoms with Crippen LogP contribution in [0.5, 0.6) is 5.75 Å². The smallest absolute Gasteiger partial charge is 0.256 e. The molecule has 0 atom stereocenters. The molecular formula is C21H17N3O4. The van der Waals surface area contributed by atoms with Gasteiger partial charge in [0.15, 0.2) is 17.7 Å². The van der Waals surface area contributed by atoms with Crippen molar-refractivity contribution in [3.05, 3.63) is 60.4 Å². The molecule has 1 N–H and O–H groups in total. The molecule has 28 heavy (non-hydrogen) atoms. The molecule has 0 aliphatic rings. The molecule has 0 radical (unpaired) electrons. The molecule has 7 nitrogen and oxygen atoms in total. The van der Waals surface area contributed by atoms with Gasteiger partial charge in [0.05, 0.1) is 25.5 Å². The molecule has 1 amide bonds.